The maximum absolute atomic E-state index is 11.1. The van der Waals surface area contributed by atoms with Crippen LogP contribution in [0.5, 0.6) is 11.5 Å². The van der Waals surface area contributed by atoms with E-state index >= 15 is 0 Å². The van der Waals surface area contributed by atoms with Crippen LogP contribution in [0.15, 0.2) is 59.0 Å². The summed E-state index contributed by atoms with van der Waals surface area (Å²) in [6.45, 7) is 1.97. The molecule has 0 atom stereocenters. The van der Waals surface area contributed by atoms with Crippen molar-refractivity contribution in [1.29, 1.82) is 0 Å². The van der Waals surface area contributed by atoms with Gasteiger partial charge in [0.2, 0.25) is 12.6 Å². The van der Waals surface area contributed by atoms with Crippen LogP contribution in [0, 0.1) is 0 Å². The van der Waals surface area contributed by atoms with E-state index in [2.05, 4.69) is 4.90 Å². The molecule has 0 saturated heterocycles. The molecule has 0 saturated carbocycles. The number of furan rings is 1. The van der Waals surface area contributed by atoms with Gasteiger partial charge >= 0.3 is 5.97 Å². The van der Waals surface area contributed by atoms with E-state index in [0.29, 0.717) is 30.4 Å². The van der Waals surface area contributed by atoms with Gasteiger partial charge in [0.25, 0.3) is 0 Å². The number of nitrogens with zero attached hydrogens (tertiary/aromatic N) is 1. The molecule has 2 aromatic carbocycles. The number of hydrogen-bond donors (Lipinski definition) is 1. The lowest BCUT2D eigenvalue weighted by Crippen LogP contribution is -2.22. The summed E-state index contributed by atoms with van der Waals surface area (Å²) in [6.07, 6.45) is 0. The first-order chi connectivity index (χ1) is 13.6. The van der Waals surface area contributed by atoms with Gasteiger partial charge in [-0.3, -0.25) is 4.90 Å². The van der Waals surface area contributed by atoms with Crippen molar-refractivity contribution >= 4 is 17.6 Å². The van der Waals surface area contributed by atoms with Crippen molar-refractivity contribution in [3.63, 3.8) is 0 Å². The van der Waals surface area contributed by atoms with Crippen molar-refractivity contribution in [3.05, 3.63) is 82.3 Å². The Balaban J connectivity index is 1.54. The second kappa shape index (κ2) is 7.96. The van der Waals surface area contributed by atoms with Crippen LogP contribution in [-0.2, 0) is 19.6 Å². The van der Waals surface area contributed by atoms with E-state index in [4.69, 9.17) is 30.6 Å². The van der Waals surface area contributed by atoms with Crippen molar-refractivity contribution < 1.29 is 23.8 Å². The Morgan fingerprint density at radius 2 is 1.64 bits per heavy atom. The maximum atomic E-state index is 11.1. The van der Waals surface area contributed by atoms with Crippen LogP contribution in [0.3, 0.4) is 0 Å². The molecule has 0 radical (unpaired) electrons. The highest BCUT2D eigenvalue weighted by Crippen LogP contribution is 2.33. The number of ether oxygens (including phenoxy) is 2. The molecule has 7 heteroatoms. The van der Waals surface area contributed by atoms with Gasteiger partial charge in [-0.15, -0.1) is 0 Å². The monoisotopic (exact) mass is 399 g/mol. The molecule has 3 aromatic rings. The first-order valence-electron chi connectivity index (χ1n) is 8.74. The minimum Gasteiger partial charge on any atom is -0.475 e. The fraction of sp³-hybridized carbons (Fsp3) is 0.190. The Kier molecular flexibility index (Phi) is 5.23. The molecule has 0 bridgehead atoms. The van der Waals surface area contributed by atoms with Gasteiger partial charge in [0, 0.05) is 18.1 Å². The van der Waals surface area contributed by atoms with E-state index in [9.17, 15) is 4.79 Å². The molecule has 1 aliphatic heterocycles. The first kappa shape index (κ1) is 18.4. The normalized spacial score (nSPS) is 12.5. The summed E-state index contributed by atoms with van der Waals surface area (Å²) < 4.78 is 16.3. The molecule has 2 heterocycles. The molecule has 0 spiro atoms. The van der Waals surface area contributed by atoms with Crippen LogP contribution in [0.2, 0.25) is 5.02 Å². The van der Waals surface area contributed by atoms with E-state index < -0.39 is 5.97 Å². The number of rotatable bonds is 7. The Hall–Kier alpha value is -2.96. The van der Waals surface area contributed by atoms with Gasteiger partial charge in [0.05, 0.1) is 6.54 Å². The average Bonchev–Trinajstić information content (AvgIpc) is 3.32. The lowest BCUT2D eigenvalue weighted by molar-refractivity contribution is 0.0657. The van der Waals surface area contributed by atoms with Crippen molar-refractivity contribution in [2.75, 3.05) is 6.79 Å². The lowest BCUT2D eigenvalue weighted by atomic mass is 10.1. The van der Waals surface area contributed by atoms with Gasteiger partial charge in [-0.25, -0.2) is 4.79 Å². The molecule has 1 aliphatic rings. The van der Waals surface area contributed by atoms with Gasteiger partial charge in [-0.05, 0) is 47.5 Å². The summed E-state index contributed by atoms with van der Waals surface area (Å²) in [6, 6.07) is 16.7. The standard InChI is InChI=1S/C21H18ClNO5/c22-16-4-1-14(2-5-16)10-23(12-17-6-8-19(28-17)21(24)25)11-15-3-7-18-20(9-15)27-13-26-18/h1-9H,10-13H2,(H,24,25). The molecule has 144 valence electrons. The van der Waals surface area contributed by atoms with E-state index in [1.54, 1.807) is 6.07 Å². The van der Waals surface area contributed by atoms with Crippen LogP contribution in [0.1, 0.15) is 27.4 Å². The van der Waals surface area contributed by atoms with Crippen LogP contribution in [0.25, 0.3) is 0 Å². The summed E-state index contributed by atoms with van der Waals surface area (Å²) >= 11 is 5.98. The van der Waals surface area contributed by atoms with Crippen LogP contribution >= 0.6 is 11.6 Å². The molecule has 1 N–H and O–H groups in total. The van der Waals surface area contributed by atoms with E-state index in [0.717, 1.165) is 22.6 Å². The molecular weight excluding hydrogens is 382 g/mol. The Morgan fingerprint density at radius 1 is 0.929 bits per heavy atom. The third-order valence-corrected chi connectivity index (χ3v) is 4.67. The maximum Gasteiger partial charge on any atom is 0.371 e. The number of carboxylic acid groups (broad SMARTS) is 1. The Bertz CT molecular complexity index is 983. The van der Waals surface area contributed by atoms with Crippen LogP contribution in [-0.4, -0.2) is 22.8 Å². The quantitative estimate of drug-likeness (QED) is 0.627. The summed E-state index contributed by atoms with van der Waals surface area (Å²) in [7, 11) is 0. The number of carboxylic acids is 1. The average molecular weight is 400 g/mol. The van der Waals surface area contributed by atoms with Crippen molar-refractivity contribution in [3.8, 4) is 11.5 Å². The number of benzene rings is 2. The van der Waals surface area contributed by atoms with Gasteiger partial charge in [0.15, 0.2) is 11.5 Å². The second-order valence-electron chi connectivity index (χ2n) is 6.53. The third kappa shape index (κ3) is 4.30. The minimum absolute atomic E-state index is 0.0653. The van der Waals surface area contributed by atoms with Gasteiger partial charge < -0.3 is 19.0 Å². The van der Waals surface area contributed by atoms with Crippen molar-refractivity contribution in [2.45, 2.75) is 19.6 Å². The molecule has 0 unspecified atom stereocenters. The number of aromatic carboxylic acids is 1. The highest BCUT2D eigenvalue weighted by atomic mass is 35.5. The van der Waals surface area contributed by atoms with Gasteiger partial charge in [-0.1, -0.05) is 29.8 Å². The predicted octanol–water partition coefficient (Wildman–Crippen LogP) is 4.56. The summed E-state index contributed by atoms with van der Waals surface area (Å²) in [4.78, 5) is 13.2. The number of fused-ring (bicyclic) bond motifs is 1. The summed E-state index contributed by atoms with van der Waals surface area (Å²) in [5, 5.41) is 9.76. The van der Waals surface area contributed by atoms with Gasteiger partial charge in [-0.2, -0.15) is 0 Å². The highest BCUT2D eigenvalue weighted by Gasteiger charge is 2.17. The summed E-state index contributed by atoms with van der Waals surface area (Å²) in [5.74, 6) is 0.920. The predicted molar refractivity (Wildman–Crippen MR) is 103 cm³/mol. The minimum atomic E-state index is -1.08. The van der Waals surface area contributed by atoms with Gasteiger partial charge in [0.1, 0.15) is 5.76 Å². The topological polar surface area (TPSA) is 72.1 Å². The van der Waals surface area contributed by atoms with E-state index in [-0.39, 0.29) is 12.6 Å². The molecular formula is C21H18ClNO5. The molecule has 4 rings (SSSR count). The molecule has 6 nitrogen and oxygen atoms in total. The molecule has 0 aliphatic carbocycles. The number of halogens is 1. The Morgan fingerprint density at radius 3 is 2.39 bits per heavy atom. The summed E-state index contributed by atoms with van der Waals surface area (Å²) in [5.41, 5.74) is 2.15. The van der Waals surface area contributed by atoms with Crippen molar-refractivity contribution in [1.82, 2.24) is 4.90 Å². The molecule has 0 amide bonds. The van der Waals surface area contributed by atoms with Crippen molar-refractivity contribution in [2.24, 2.45) is 0 Å². The Labute approximate surface area is 166 Å². The fourth-order valence-corrected chi connectivity index (χ4v) is 3.24. The van der Waals surface area contributed by atoms with Crippen LogP contribution < -0.4 is 9.47 Å². The lowest BCUT2D eigenvalue weighted by Gasteiger charge is -2.22. The fourth-order valence-electron chi connectivity index (χ4n) is 3.11. The smallest absolute Gasteiger partial charge is 0.371 e. The van der Waals surface area contributed by atoms with Crippen LogP contribution in [0.4, 0.5) is 0 Å². The second-order valence-corrected chi connectivity index (χ2v) is 6.97. The zero-order valence-corrected chi connectivity index (χ0v) is 15.7. The molecule has 28 heavy (non-hydrogen) atoms. The third-order valence-electron chi connectivity index (χ3n) is 4.41. The highest BCUT2D eigenvalue weighted by molar-refractivity contribution is 6.30. The first-order valence-corrected chi connectivity index (χ1v) is 9.12. The molecule has 1 aromatic heterocycles. The molecule has 0 fully saturated rings. The zero-order chi connectivity index (χ0) is 19.5. The van der Waals surface area contributed by atoms with E-state index in [1.807, 2.05) is 42.5 Å². The number of hydrogen-bond acceptors (Lipinski definition) is 5. The SMILES string of the molecule is O=C(O)c1ccc(CN(Cc2ccc(Cl)cc2)Cc2ccc3c(c2)OCO3)o1. The zero-order valence-electron chi connectivity index (χ0n) is 14.9. The van der Waals surface area contributed by atoms with E-state index in [1.165, 1.54) is 6.07 Å². The largest absolute Gasteiger partial charge is 0.475 e. The number of carbonyl (C=O) groups is 1.